The van der Waals surface area contributed by atoms with Crippen molar-refractivity contribution < 1.29 is 52.4 Å². The van der Waals surface area contributed by atoms with Gasteiger partial charge in [0.05, 0.1) is 40.1 Å². The third kappa shape index (κ3) is 6.70. The van der Waals surface area contributed by atoms with E-state index in [1.807, 2.05) is 91.0 Å². The summed E-state index contributed by atoms with van der Waals surface area (Å²) >= 11 is 0. The predicted octanol–water partition coefficient (Wildman–Crippen LogP) is 4.26. The van der Waals surface area contributed by atoms with E-state index in [0.717, 1.165) is 28.7 Å². The number of methoxy groups -OCH3 is 2. The van der Waals surface area contributed by atoms with Crippen LogP contribution in [0.25, 0.3) is 0 Å². The second-order valence-electron chi connectivity index (χ2n) is 12.9. The number of rotatable bonds is 14. The number of benzene rings is 3. The van der Waals surface area contributed by atoms with E-state index in [4.69, 9.17) is 37.9 Å². The molecular weight excluding hydrogens is 664 g/mol. The van der Waals surface area contributed by atoms with Crippen molar-refractivity contribution in [3.05, 3.63) is 118 Å². The lowest BCUT2D eigenvalue weighted by molar-refractivity contribution is -0.565. The summed E-state index contributed by atoms with van der Waals surface area (Å²) in [5.41, 5.74) is -1.48. The van der Waals surface area contributed by atoms with Crippen LogP contribution >= 0.6 is 0 Å². The van der Waals surface area contributed by atoms with Crippen LogP contribution in [0.4, 0.5) is 4.79 Å². The van der Waals surface area contributed by atoms with Gasteiger partial charge in [0.25, 0.3) is 11.8 Å². The van der Waals surface area contributed by atoms with Crippen molar-refractivity contribution in [2.45, 2.75) is 81.2 Å². The van der Waals surface area contributed by atoms with Crippen LogP contribution < -0.4 is 0 Å². The highest BCUT2D eigenvalue weighted by molar-refractivity contribution is 5.89. The number of nitrogens with zero attached hydrogens (tertiary/aromatic N) is 2. The molecule has 0 N–H and O–H groups in total. The molecule has 14 heteroatoms. The third-order valence-corrected chi connectivity index (χ3v) is 9.97. The van der Waals surface area contributed by atoms with Gasteiger partial charge in [-0.25, -0.2) is 9.59 Å². The van der Waals surface area contributed by atoms with Crippen LogP contribution in [0, 0.1) is 10.1 Å². The lowest BCUT2D eigenvalue weighted by Crippen LogP contribution is -2.75. The minimum absolute atomic E-state index is 0.0295. The Morgan fingerprint density at radius 3 is 1.90 bits per heavy atom. The molecule has 0 radical (unpaired) electrons. The van der Waals surface area contributed by atoms with Gasteiger partial charge in [0.2, 0.25) is 11.3 Å². The Hall–Kier alpha value is -4.44. The van der Waals surface area contributed by atoms with Crippen molar-refractivity contribution in [1.82, 2.24) is 4.90 Å². The van der Waals surface area contributed by atoms with Gasteiger partial charge in [-0.2, -0.15) is 0 Å². The Balaban J connectivity index is 1.44. The Morgan fingerprint density at radius 1 is 0.863 bits per heavy atom. The molecule has 3 aliphatic heterocycles. The molecule has 51 heavy (non-hydrogen) atoms. The van der Waals surface area contributed by atoms with Crippen LogP contribution in [-0.2, 0) is 62.5 Å². The zero-order valence-corrected chi connectivity index (χ0v) is 28.9. The molecule has 14 nitrogen and oxygen atoms in total. The molecule has 0 spiro atoms. The average molecular weight is 707 g/mol. The first-order valence-electron chi connectivity index (χ1n) is 16.6. The Bertz CT molecular complexity index is 1670. The van der Waals surface area contributed by atoms with Crippen molar-refractivity contribution in [2.24, 2.45) is 0 Å². The number of ether oxygens (including phenoxy) is 8. The van der Waals surface area contributed by atoms with Gasteiger partial charge in [0.15, 0.2) is 12.2 Å². The molecule has 0 unspecified atom stereocenters. The van der Waals surface area contributed by atoms with Gasteiger partial charge in [0, 0.05) is 19.0 Å². The zero-order chi connectivity index (χ0) is 36.2. The second-order valence-corrected chi connectivity index (χ2v) is 12.9. The Kier molecular flexibility index (Phi) is 10.7. The fourth-order valence-electron chi connectivity index (χ4n) is 7.10. The van der Waals surface area contributed by atoms with Crippen LogP contribution in [0.15, 0.2) is 91.0 Å². The summed E-state index contributed by atoms with van der Waals surface area (Å²) in [5, 5.41) is 13.4. The average Bonchev–Trinajstić information content (AvgIpc) is 3.59. The Labute approximate surface area is 295 Å². The summed E-state index contributed by atoms with van der Waals surface area (Å²) < 4.78 is 48.4. The van der Waals surface area contributed by atoms with Crippen LogP contribution in [0.5, 0.6) is 0 Å². The molecule has 3 fully saturated rings. The summed E-state index contributed by atoms with van der Waals surface area (Å²) in [6.45, 7) is 2.57. The third-order valence-electron chi connectivity index (χ3n) is 9.97. The van der Waals surface area contributed by atoms with Gasteiger partial charge in [-0.15, -0.1) is 0 Å². The quantitative estimate of drug-likeness (QED) is 0.134. The molecule has 3 aliphatic rings. The number of esters is 1. The summed E-state index contributed by atoms with van der Waals surface area (Å²) in [7, 11) is 2.44. The van der Waals surface area contributed by atoms with E-state index in [9.17, 15) is 19.7 Å². The standard InChI is InChI=1S/C37H42N2O12/c1-35-36(2,45-4)51-34(41)38(35)37(24-49-35,33(40)44-3)32-29(39(42)43)31(48-22-27-18-12-7-13-19-27)30(47-21-26-16-10-6-11-17-26)28(50-32)23-46-20-25-14-8-5-9-15-25/h5-19,28-32H,20-24H2,1-4H3/t28-,29-,30+,31-,32+,35+,36-,37-/m1/s1. The van der Waals surface area contributed by atoms with Crippen molar-refractivity contribution in [2.75, 3.05) is 27.4 Å². The van der Waals surface area contributed by atoms with Crippen LogP contribution in [0.2, 0.25) is 0 Å². The molecule has 0 saturated carbocycles. The summed E-state index contributed by atoms with van der Waals surface area (Å²) in [5.74, 6) is -2.70. The fourth-order valence-corrected chi connectivity index (χ4v) is 7.10. The maximum absolute atomic E-state index is 14.1. The molecular formula is C37H42N2O12. The van der Waals surface area contributed by atoms with Crippen molar-refractivity contribution >= 4 is 12.1 Å². The number of amides is 1. The predicted molar refractivity (Wildman–Crippen MR) is 178 cm³/mol. The smallest absolute Gasteiger partial charge is 0.416 e. The van der Waals surface area contributed by atoms with Crippen molar-refractivity contribution in [3.8, 4) is 0 Å². The molecule has 3 aromatic carbocycles. The first-order valence-corrected chi connectivity index (χ1v) is 16.6. The molecule has 272 valence electrons. The molecule has 0 aromatic heterocycles. The fraction of sp³-hybridized carbons (Fsp3) is 0.459. The van der Waals surface area contributed by atoms with Gasteiger partial charge in [-0.05, 0) is 23.6 Å². The largest absolute Gasteiger partial charge is 0.467 e. The summed E-state index contributed by atoms with van der Waals surface area (Å²) in [6, 6.07) is 26.1. The number of carbonyl (C=O) groups excluding carboxylic acids is 2. The van der Waals surface area contributed by atoms with Gasteiger partial charge >= 0.3 is 12.1 Å². The maximum atomic E-state index is 14.1. The van der Waals surface area contributed by atoms with Crippen molar-refractivity contribution in [3.63, 3.8) is 0 Å². The second kappa shape index (κ2) is 15.0. The lowest BCUT2D eigenvalue weighted by atomic mass is 9.79. The van der Waals surface area contributed by atoms with Crippen molar-refractivity contribution in [1.29, 1.82) is 0 Å². The SMILES string of the molecule is COC(=O)[C@]1([C@H]2O[C@H](COCc3ccccc3)[C@H](OCc3ccccc3)[C@H](OCc3ccccc3)[C@H]2[N+](=O)[O-])CO[C@]2(C)N1C(=O)O[C@@]2(C)OC. The molecule has 3 aromatic rings. The van der Waals surface area contributed by atoms with Crippen LogP contribution in [0.3, 0.4) is 0 Å². The van der Waals surface area contributed by atoms with Gasteiger partial charge in [0.1, 0.15) is 12.2 Å². The minimum Gasteiger partial charge on any atom is -0.467 e. The molecule has 3 heterocycles. The van der Waals surface area contributed by atoms with E-state index < -0.39 is 71.1 Å². The van der Waals surface area contributed by atoms with Gasteiger partial charge < -0.3 is 37.9 Å². The van der Waals surface area contributed by atoms with Crippen LogP contribution in [-0.4, -0.2) is 96.8 Å². The number of hydrogen-bond acceptors (Lipinski definition) is 12. The molecule has 0 bridgehead atoms. The highest BCUT2D eigenvalue weighted by Crippen LogP contribution is 2.53. The number of hydrogen-bond donors (Lipinski definition) is 0. The van der Waals surface area contributed by atoms with Gasteiger partial charge in [-0.3, -0.25) is 15.0 Å². The molecule has 8 atom stereocenters. The molecule has 6 rings (SSSR count). The monoisotopic (exact) mass is 706 g/mol. The summed E-state index contributed by atoms with van der Waals surface area (Å²) in [4.78, 5) is 41.7. The maximum Gasteiger partial charge on any atom is 0.416 e. The highest BCUT2D eigenvalue weighted by Gasteiger charge is 2.79. The van der Waals surface area contributed by atoms with E-state index in [1.54, 1.807) is 0 Å². The molecule has 0 aliphatic carbocycles. The topological polar surface area (TPSA) is 154 Å². The lowest BCUT2D eigenvalue weighted by Gasteiger charge is -2.48. The number of fused-ring (bicyclic) bond motifs is 1. The normalized spacial score (nSPS) is 31.6. The van der Waals surface area contributed by atoms with Crippen LogP contribution in [0.1, 0.15) is 30.5 Å². The first-order chi connectivity index (χ1) is 24.6. The number of cyclic esters (lactones) is 1. The number of carbonyl (C=O) groups is 2. The number of nitro groups is 1. The molecule has 3 saturated heterocycles. The first kappa shape index (κ1) is 36.4. The highest BCUT2D eigenvalue weighted by atomic mass is 16.8. The van der Waals surface area contributed by atoms with E-state index >= 15 is 0 Å². The zero-order valence-electron chi connectivity index (χ0n) is 28.9. The van der Waals surface area contributed by atoms with E-state index in [-0.39, 0.29) is 26.4 Å². The van der Waals surface area contributed by atoms with E-state index in [1.165, 1.54) is 21.0 Å². The molecule has 1 amide bonds. The van der Waals surface area contributed by atoms with Gasteiger partial charge in [-0.1, -0.05) is 91.0 Å². The summed E-state index contributed by atoms with van der Waals surface area (Å²) in [6.07, 6.45) is -6.14. The Morgan fingerprint density at radius 2 is 1.39 bits per heavy atom. The van der Waals surface area contributed by atoms with E-state index in [0.29, 0.717) is 0 Å². The minimum atomic E-state index is -2.22. The van der Waals surface area contributed by atoms with E-state index in [2.05, 4.69) is 0 Å².